The van der Waals surface area contributed by atoms with Gasteiger partial charge in [0, 0.05) is 19.0 Å². The van der Waals surface area contributed by atoms with Gasteiger partial charge in [0.1, 0.15) is 11.9 Å². The first-order valence-electron chi connectivity index (χ1n) is 6.96. The van der Waals surface area contributed by atoms with Crippen molar-refractivity contribution in [1.82, 2.24) is 4.90 Å². The van der Waals surface area contributed by atoms with E-state index in [-0.39, 0.29) is 17.7 Å². The minimum absolute atomic E-state index is 0.0776. The molecule has 2 heterocycles. The van der Waals surface area contributed by atoms with Crippen molar-refractivity contribution in [2.24, 2.45) is 0 Å². The number of rotatable bonds is 3. The molecule has 0 N–H and O–H groups in total. The molecule has 3 rings (SSSR count). The fourth-order valence-corrected chi connectivity index (χ4v) is 3.40. The van der Waals surface area contributed by atoms with Gasteiger partial charge in [-0.25, -0.2) is 4.39 Å². The standard InChI is InChI=1S/C15H17BrFNO2/c16-12-6-10(3-4-13(12)17)7-14(19)15-8-18-5-1-2-11(18)9-20-15/h3-4,6,11,15H,1-2,5,7-9H2. The van der Waals surface area contributed by atoms with Crippen LogP contribution in [0.5, 0.6) is 0 Å². The summed E-state index contributed by atoms with van der Waals surface area (Å²) in [6, 6.07) is 5.19. The van der Waals surface area contributed by atoms with Gasteiger partial charge in [-0.05, 0) is 53.0 Å². The number of halogens is 2. The number of ketones is 1. The highest BCUT2D eigenvalue weighted by Crippen LogP contribution is 2.24. The number of benzene rings is 1. The average molecular weight is 342 g/mol. The Morgan fingerprint density at radius 2 is 2.35 bits per heavy atom. The molecule has 0 aliphatic carbocycles. The van der Waals surface area contributed by atoms with E-state index in [2.05, 4.69) is 20.8 Å². The summed E-state index contributed by atoms with van der Waals surface area (Å²) in [6.45, 7) is 2.43. The lowest BCUT2D eigenvalue weighted by molar-refractivity contribution is -0.137. The van der Waals surface area contributed by atoms with Crippen LogP contribution < -0.4 is 0 Å². The maximum Gasteiger partial charge on any atom is 0.167 e. The molecular weight excluding hydrogens is 325 g/mol. The van der Waals surface area contributed by atoms with E-state index in [0.717, 1.165) is 12.1 Å². The van der Waals surface area contributed by atoms with Gasteiger partial charge in [-0.2, -0.15) is 0 Å². The second-order valence-electron chi connectivity index (χ2n) is 5.50. The van der Waals surface area contributed by atoms with Crippen LogP contribution in [0.1, 0.15) is 18.4 Å². The van der Waals surface area contributed by atoms with Gasteiger partial charge in [-0.15, -0.1) is 0 Å². The van der Waals surface area contributed by atoms with Crippen LogP contribution in [-0.4, -0.2) is 42.5 Å². The van der Waals surface area contributed by atoms with E-state index in [0.29, 0.717) is 30.1 Å². The summed E-state index contributed by atoms with van der Waals surface area (Å²) in [5.74, 6) is -0.233. The first kappa shape index (κ1) is 14.2. The van der Waals surface area contributed by atoms with Crippen LogP contribution in [0.15, 0.2) is 22.7 Å². The van der Waals surface area contributed by atoms with Gasteiger partial charge >= 0.3 is 0 Å². The molecule has 108 valence electrons. The lowest BCUT2D eigenvalue weighted by Gasteiger charge is -2.34. The van der Waals surface area contributed by atoms with Crippen LogP contribution in [0.4, 0.5) is 4.39 Å². The number of carbonyl (C=O) groups excluding carboxylic acids is 1. The molecule has 0 radical (unpaired) electrons. The van der Waals surface area contributed by atoms with Crippen molar-refractivity contribution in [3.63, 3.8) is 0 Å². The summed E-state index contributed by atoms with van der Waals surface area (Å²) >= 11 is 3.14. The van der Waals surface area contributed by atoms with Gasteiger partial charge in [0.25, 0.3) is 0 Å². The molecule has 2 fully saturated rings. The Bertz CT molecular complexity index is 523. The van der Waals surface area contributed by atoms with Crippen molar-refractivity contribution in [3.05, 3.63) is 34.1 Å². The highest BCUT2D eigenvalue weighted by Gasteiger charge is 2.35. The Morgan fingerprint density at radius 3 is 3.15 bits per heavy atom. The number of carbonyl (C=O) groups is 1. The summed E-state index contributed by atoms with van der Waals surface area (Å²) in [7, 11) is 0. The largest absolute Gasteiger partial charge is 0.367 e. The lowest BCUT2D eigenvalue weighted by Crippen LogP contribution is -2.49. The lowest BCUT2D eigenvalue weighted by atomic mass is 10.0. The summed E-state index contributed by atoms with van der Waals surface area (Å²) in [4.78, 5) is 14.6. The summed E-state index contributed by atoms with van der Waals surface area (Å²) in [5.41, 5.74) is 0.815. The third-order valence-electron chi connectivity index (χ3n) is 4.11. The molecule has 3 nitrogen and oxygen atoms in total. The fourth-order valence-electron chi connectivity index (χ4n) is 2.98. The maximum atomic E-state index is 13.2. The van der Waals surface area contributed by atoms with E-state index in [1.54, 1.807) is 12.1 Å². The zero-order valence-electron chi connectivity index (χ0n) is 11.1. The zero-order valence-corrected chi connectivity index (χ0v) is 12.7. The van der Waals surface area contributed by atoms with Crippen molar-refractivity contribution in [2.45, 2.75) is 31.4 Å². The summed E-state index contributed by atoms with van der Waals surface area (Å²) in [6.07, 6.45) is 2.32. The van der Waals surface area contributed by atoms with Gasteiger partial charge < -0.3 is 4.74 Å². The number of fused-ring (bicyclic) bond motifs is 1. The smallest absolute Gasteiger partial charge is 0.167 e. The van der Waals surface area contributed by atoms with Gasteiger partial charge in [-0.1, -0.05) is 6.07 Å². The number of ether oxygens (including phenoxy) is 1. The first-order valence-corrected chi connectivity index (χ1v) is 7.75. The summed E-state index contributed by atoms with van der Waals surface area (Å²) < 4.78 is 19.3. The van der Waals surface area contributed by atoms with Crippen LogP contribution in [0.25, 0.3) is 0 Å². The molecular formula is C15H17BrFNO2. The van der Waals surface area contributed by atoms with Crippen molar-refractivity contribution < 1.29 is 13.9 Å². The van der Waals surface area contributed by atoms with E-state index >= 15 is 0 Å². The second-order valence-corrected chi connectivity index (χ2v) is 6.36. The number of hydrogen-bond acceptors (Lipinski definition) is 3. The third-order valence-corrected chi connectivity index (χ3v) is 4.72. The number of Topliss-reactive ketones (excluding diaryl/α,β-unsaturated/α-hetero) is 1. The van der Waals surface area contributed by atoms with Crippen LogP contribution in [0.2, 0.25) is 0 Å². The fraction of sp³-hybridized carbons (Fsp3) is 0.533. The number of nitrogens with zero attached hydrogens (tertiary/aromatic N) is 1. The van der Waals surface area contributed by atoms with Gasteiger partial charge in [0.2, 0.25) is 0 Å². The minimum Gasteiger partial charge on any atom is -0.367 e. The van der Waals surface area contributed by atoms with Crippen LogP contribution in [0.3, 0.4) is 0 Å². The third kappa shape index (κ3) is 2.95. The monoisotopic (exact) mass is 341 g/mol. The molecule has 1 aromatic rings. The molecule has 0 bridgehead atoms. The van der Waals surface area contributed by atoms with Gasteiger partial charge in [0.05, 0.1) is 11.1 Å². The van der Waals surface area contributed by atoms with Crippen LogP contribution in [-0.2, 0) is 16.0 Å². The Balaban J connectivity index is 1.62. The van der Waals surface area contributed by atoms with Crippen LogP contribution >= 0.6 is 15.9 Å². The quantitative estimate of drug-likeness (QED) is 0.846. The van der Waals surface area contributed by atoms with Crippen molar-refractivity contribution in [2.75, 3.05) is 19.7 Å². The molecule has 20 heavy (non-hydrogen) atoms. The molecule has 0 saturated carbocycles. The number of morpholine rings is 1. The molecule has 0 aromatic heterocycles. The molecule has 1 aromatic carbocycles. The Kier molecular flexibility index (Phi) is 4.19. The van der Waals surface area contributed by atoms with Crippen molar-refractivity contribution >= 4 is 21.7 Å². The first-order chi connectivity index (χ1) is 9.63. The summed E-state index contributed by atoms with van der Waals surface area (Å²) in [5, 5.41) is 0. The molecule has 2 aliphatic heterocycles. The molecule has 2 saturated heterocycles. The topological polar surface area (TPSA) is 29.5 Å². The predicted molar refractivity (Wildman–Crippen MR) is 77.1 cm³/mol. The van der Waals surface area contributed by atoms with E-state index in [1.807, 2.05) is 0 Å². The average Bonchev–Trinajstić information content (AvgIpc) is 2.90. The Morgan fingerprint density at radius 1 is 1.50 bits per heavy atom. The van der Waals surface area contributed by atoms with E-state index in [1.165, 1.54) is 18.9 Å². The van der Waals surface area contributed by atoms with Crippen LogP contribution in [0, 0.1) is 5.82 Å². The predicted octanol–water partition coefficient (Wildman–Crippen LogP) is 2.56. The highest BCUT2D eigenvalue weighted by atomic mass is 79.9. The van der Waals surface area contributed by atoms with E-state index in [9.17, 15) is 9.18 Å². The molecule has 0 spiro atoms. The Labute approximate surface area is 126 Å². The normalized spacial score (nSPS) is 26.5. The van der Waals surface area contributed by atoms with Gasteiger partial charge in [-0.3, -0.25) is 9.69 Å². The van der Waals surface area contributed by atoms with E-state index in [4.69, 9.17) is 4.74 Å². The molecule has 5 heteroatoms. The molecule has 0 amide bonds. The van der Waals surface area contributed by atoms with Crippen molar-refractivity contribution in [3.8, 4) is 0 Å². The Hall–Kier alpha value is -0.780. The molecule has 2 aliphatic rings. The SMILES string of the molecule is O=C(Cc1ccc(F)c(Br)c1)C1CN2CCCC2CO1. The van der Waals surface area contributed by atoms with E-state index < -0.39 is 0 Å². The van der Waals surface area contributed by atoms with Crippen molar-refractivity contribution in [1.29, 1.82) is 0 Å². The minimum atomic E-state index is -0.340. The zero-order chi connectivity index (χ0) is 14.1. The van der Waals surface area contributed by atoms with Gasteiger partial charge in [0.15, 0.2) is 5.78 Å². The highest BCUT2D eigenvalue weighted by molar-refractivity contribution is 9.10. The molecule has 2 atom stereocenters. The second kappa shape index (κ2) is 5.92. The maximum absolute atomic E-state index is 13.2. The number of hydrogen-bond donors (Lipinski definition) is 0. The molecule has 2 unspecified atom stereocenters.